The number of halogens is 2. The molecule has 4 unspecified atom stereocenters. The number of hydrogen-bond donors (Lipinski definition) is 0. The Kier molecular flexibility index (Phi) is 13.0. The molecule has 0 radical (unpaired) electrons. The van der Waals surface area contributed by atoms with Crippen LogP contribution < -0.4 is 24.8 Å². The summed E-state index contributed by atoms with van der Waals surface area (Å²) in [5, 5.41) is 0. The Hall–Kier alpha value is 0.423. The third kappa shape index (κ3) is 6.22. The van der Waals surface area contributed by atoms with E-state index in [1.165, 1.54) is 43.3 Å². The van der Waals surface area contributed by atoms with Crippen LogP contribution >= 0.6 is 0 Å². The van der Waals surface area contributed by atoms with Gasteiger partial charge in [-0.25, -0.2) is 5.57 Å². The van der Waals surface area contributed by atoms with Gasteiger partial charge in [0.05, 0.1) is 0 Å². The van der Waals surface area contributed by atoms with E-state index in [0.29, 0.717) is 0 Å². The fourth-order valence-electron chi connectivity index (χ4n) is 4.70. The van der Waals surface area contributed by atoms with Gasteiger partial charge in [0.2, 0.25) is 0 Å². The molecule has 0 aromatic rings. The van der Waals surface area contributed by atoms with Crippen LogP contribution in [0.1, 0.15) is 58.8 Å². The summed E-state index contributed by atoms with van der Waals surface area (Å²) in [7, 11) is 0. The summed E-state index contributed by atoms with van der Waals surface area (Å²) < 4.78 is 0. The van der Waals surface area contributed by atoms with E-state index in [1.807, 2.05) is 0 Å². The van der Waals surface area contributed by atoms with Gasteiger partial charge in [-0.15, -0.1) is 18.4 Å². The average molecular weight is 457 g/mol. The van der Waals surface area contributed by atoms with Gasteiger partial charge in [-0.2, -0.15) is 17.6 Å². The summed E-state index contributed by atoms with van der Waals surface area (Å²) in [5.41, 5.74) is 2.95. The first-order valence-corrected chi connectivity index (χ1v) is 9.32. The van der Waals surface area contributed by atoms with Crippen LogP contribution in [0.3, 0.4) is 0 Å². The second kappa shape index (κ2) is 12.7. The SMILES string of the molecule is C1=CC2[CH-]C3CCCCC3C2C=C1.CCC1=[C-]CC=C1CC.[Cl-].[Cl-].[Zr+4]. The standard InChI is InChI=1S/C13H17.C9H13.2ClH.Zr/c1-3-7-12-10(5-1)9-11-6-2-4-8-13(11)12;1-3-8-6-5-7-9(8)4-2;;;/h1,3,5,7,9-13H,2,4,6,8H2;6H,3-5H2,1-2H3;2*1H;/q2*-1;;;+4/p-2. The van der Waals surface area contributed by atoms with Gasteiger partial charge in [-0.1, -0.05) is 76.5 Å². The summed E-state index contributed by atoms with van der Waals surface area (Å²) in [5.74, 6) is 3.56. The van der Waals surface area contributed by atoms with Crippen LogP contribution in [0.2, 0.25) is 0 Å². The van der Waals surface area contributed by atoms with Gasteiger partial charge < -0.3 is 31.2 Å². The zero-order chi connectivity index (χ0) is 15.4. The van der Waals surface area contributed by atoms with Crippen LogP contribution in [0.25, 0.3) is 0 Å². The molecule has 0 aromatic heterocycles. The Morgan fingerprint density at radius 1 is 1.04 bits per heavy atom. The van der Waals surface area contributed by atoms with E-state index >= 15 is 0 Å². The minimum absolute atomic E-state index is 0. The summed E-state index contributed by atoms with van der Waals surface area (Å²) >= 11 is 0. The molecule has 2 saturated carbocycles. The second-order valence-electron chi connectivity index (χ2n) is 7.03. The van der Waals surface area contributed by atoms with Crippen molar-refractivity contribution < 1.29 is 51.0 Å². The van der Waals surface area contributed by atoms with Crippen molar-refractivity contribution >= 4 is 0 Å². The Balaban J connectivity index is 0.000000435. The normalized spacial score (nSPS) is 31.0. The third-order valence-corrected chi connectivity index (χ3v) is 5.85. The summed E-state index contributed by atoms with van der Waals surface area (Å²) in [6, 6.07) is 0. The van der Waals surface area contributed by atoms with Gasteiger partial charge in [0, 0.05) is 0 Å². The summed E-state index contributed by atoms with van der Waals surface area (Å²) in [4.78, 5) is 0. The molecule has 0 nitrogen and oxygen atoms in total. The molecule has 0 bridgehead atoms. The minimum atomic E-state index is 0. The van der Waals surface area contributed by atoms with E-state index in [2.05, 4.69) is 56.7 Å². The number of rotatable bonds is 2. The van der Waals surface area contributed by atoms with Crippen molar-refractivity contribution in [1.29, 1.82) is 0 Å². The van der Waals surface area contributed by atoms with Crippen LogP contribution in [0, 0.1) is 36.2 Å². The molecule has 0 spiro atoms. The zero-order valence-electron chi connectivity index (χ0n) is 15.5. The van der Waals surface area contributed by atoms with Crippen LogP contribution in [0.5, 0.6) is 0 Å². The van der Waals surface area contributed by atoms with Crippen molar-refractivity contribution in [3.63, 3.8) is 0 Å². The topological polar surface area (TPSA) is 0 Å². The van der Waals surface area contributed by atoms with Crippen molar-refractivity contribution in [1.82, 2.24) is 0 Å². The Morgan fingerprint density at radius 2 is 1.76 bits per heavy atom. The molecule has 0 heterocycles. The van der Waals surface area contributed by atoms with E-state index in [4.69, 9.17) is 0 Å². The molecule has 0 amide bonds. The first-order chi connectivity index (χ1) is 10.8. The van der Waals surface area contributed by atoms with Gasteiger partial charge in [0.25, 0.3) is 0 Å². The van der Waals surface area contributed by atoms with Gasteiger partial charge in [0.1, 0.15) is 0 Å². The van der Waals surface area contributed by atoms with Crippen LogP contribution in [-0.2, 0) is 26.2 Å². The largest absolute Gasteiger partial charge is 4.00 e. The minimum Gasteiger partial charge on any atom is -1.00 e. The summed E-state index contributed by atoms with van der Waals surface area (Å²) in [6.45, 7) is 4.39. The maximum atomic E-state index is 3.33. The Morgan fingerprint density at radius 3 is 2.44 bits per heavy atom. The van der Waals surface area contributed by atoms with Crippen molar-refractivity contribution in [3.8, 4) is 0 Å². The quantitative estimate of drug-likeness (QED) is 0.523. The van der Waals surface area contributed by atoms with Crippen molar-refractivity contribution in [2.75, 3.05) is 0 Å². The van der Waals surface area contributed by atoms with Gasteiger partial charge in [0.15, 0.2) is 0 Å². The third-order valence-electron chi connectivity index (χ3n) is 5.85. The smallest absolute Gasteiger partial charge is 1.00 e. The molecule has 4 rings (SSSR count). The molecule has 3 heteroatoms. The number of allylic oxidation sites excluding steroid dienone is 8. The van der Waals surface area contributed by atoms with E-state index in [0.717, 1.165) is 36.5 Å². The van der Waals surface area contributed by atoms with E-state index in [-0.39, 0.29) is 51.0 Å². The van der Waals surface area contributed by atoms with E-state index in [9.17, 15) is 0 Å². The van der Waals surface area contributed by atoms with Crippen LogP contribution in [-0.4, -0.2) is 0 Å². The number of fused-ring (bicyclic) bond motifs is 3. The fourth-order valence-corrected chi connectivity index (χ4v) is 4.70. The molecular weight excluding hydrogens is 426 g/mol. The van der Waals surface area contributed by atoms with Crippen LogP contribution in [0.15, 0.2) is 41.5 Å². The van der Waals surface area contributed by atoms with E-state index in [1.54, 1.807) is 0 Å². The molecule has 4 aliphatic rings. The first-order valence-electron chi connectivity index (χ1n) is 9.32. The molecule has 0 aliphatic heterocycles. The molecule has 2 fully saturated rings. The van der Waals surface area contributed by atoms with Gasteiger partial charge in [-0.05, 0) is 5.92 Å². The predicted molar refractivity (Wildman–Crippen MR) is 95.0 cm³/mol. The average Bonchev–Trinajstić information content (AvgIpc) is 3.19. The number of hydrogen-bond acceptors (Lipinski definition) is 0. The molecule has 4 aliphatic carbocycles. The monoisotopic (exact) mass is 454 g/mol. The second-order valence-corrected chi connectivity index (χ2v) is 7.03. The maximum absolute atomic E-state index is 3.33. The molecule has 4 atom stereocenters. The maximum Gasteiger partial charge on any atom is 4.00 e. The molecule has 136 valence electrons. The Labute approximate surface area is 186 Å². The molecule has 0 N–H and O–H groups in total. The van der Waals surface area contributed by atoms with Gasteiger partial charge in [-0.3, -0.25) is 6.08 Å². The molecule has 0 aromatic carbocycles. The van der Waals surface area contributed by atoms with Crippen LogP contribution in [0.4, 0.5) is 0 Å². The molecular formula is C22H30Cl2Zr. The Bertz CT molecular complexity index is 486. The summed E-state index contributed by atoms with van der Waals surface area (Å²) in [6.07, 6.45) is 26.8. The molecule has 0 saturated heterocycles. The van der Waals surface area contributed by atoms with Crippen molar-refractivity contribution in [2.24, 2.45) is 23.7 Å². The van der Waals surface area contributed by atoms with E-state index < -0.39 is 0 Å². The predicted octanol–water partition coefficient (Wildman–Crippen LogP) is 0.241. The molecule has 25 heavy (non-hydrogen) atoms. The zero-order valence-corrected chi connectivity index (χ0v) is 19.4. The van der Waals surface area contributed by atoms with Gasteiger partial charge >= 0.3 is 26.2 Å². The van der Waals surface area contributed by atoms with Crippen molar-refractivity contribution in [3.05, 3.63) is 54.0 Å². The first kappa shape index (κ1) is 25.4. The van der Waals surface area contributed by atoms with Crippen molar-refractivity contribution in [2.45, 2.75) is 58.8 Å². The fraction of sp³-hybridized carbons (Fsp3) is 0.591.